The van der Waals surface area contributed by atoms with Crippen molar-refractivity contribution in [1.82, 2.24) is 10.6 Å². The number of carbonyl (C=O) groups excluding carboxylic acids is 2. The molecule has 1 aliphatic heterocycles. The lowest BCUT2D eigenvalue weighted by atomic mass is 9.99. The molecule has 3 N–H and O–H groups in total. The molecule has 1 heterocycles. The van der Waals surface area contributed by atoms with Gasteiger partial charge in [0.1, 0.15) is 5.82 Å². The minimum Gasteiger partial charge on any atom is -0.352 e. The van der Waals surface area contributed by atoms with Gasteiger partial charge in [0.25, 0.3) is 11.6 Å². The topological polar surface area (TPSA) is 113 Å². The van der Waals surface area contributed by atoms with Crippen LogP contribution in [0.5, 0.6) is 0 Å². The van der Waals surface area contributed by atoms with E-state index in [1.165, 1.54) is 30.3 Å². The Kier molecular flexibility index (Phi) is 7.63. The highest BCUT2D eigenvalue weighted by Crippen LogP contribution is 2.24. The van der Waals surface area contributed by atoms with E-state index in [1.54, 1.807) is 6.07 Å². The standard InChI is InChI=1S/C19H19FN4O4.ClH/c20-18-15-7-9-21-11-13(15)3-6-16(18)23-17(25)8-10-22-19(26)12-1-4-14(5-2-12)24(27)28;/h1-6,21H,7-11H2,(H,22,26)(H,23,25);1H. The molecule has 0 aromatic heterocycles. The average molecular weight is 423 g/mol. The molecule has 2 aromatic rings. The number of benzene rings is 2. The maximum Gasteiger partial charge on any atom is 0.269 e. The van der Waals surface area contributed by atoms with E-state index in [0.29, 0.717) is 25.1 Å². The fraction of sp³-hybridized carbons (Fsp3) is 0.263. The highest BCUT2D eigenvalue weighted by molar-refractivity contribution is 5.95. The summed E-state index contributed by atoms with van der Waals surface area (Å²) in [7, 11) is 0. The van der Waals surface area contributed by atoms with Gasteiger partial charge in [-0.2, -0.15) is 0 Å². The van der Waals surface area contributed by atoms with Gasteiger partial charge in [-0.05, 0) is 42.3 Å². The van der Waals surface area contributed by atoms with Crippen molar-refractivity contribution in [3.8, 4) is 0 Å². The van der Waals surface area contributed by atoms with Crippen LogP contribution in [0.15, 0.2) is 36.4 Å². The Bertz CT molecular complexity index is 921. The van der Waals surface area contributed by atoms with Crippen molar-refractivity contribution < 1.29 is 18.9 Å². The second kappa shape index (κ2) is 9.94. The average Bonchev–Trinajstić information content (AvgIpc) is 2.70. The summed E-state index contributed by atoms with van der Waals surface area (Å²) in [5, 5.41) is 18.9. The molecule has 0 aliphatic carbocycles. The molecular weight excluding hydrogens is 403 g/mol. The molecule has 0 saturated carbocycles. The van der Waals surface area contributed by atoms with Gasteiger partial charge in [-0.15, -0.1) is 12.4 Å². The molecule has 29 heavy (non-hydrogen) atoms. The smallest absolute Gasteiger partial charge is 0.269 e. The Morgan fingerprint density at radius 1 is 1.17 bits per heavy atom. The lowest BCUT2D eigenvalue weighted by Gasteiger charge is -2.19. The highest BCUT2D eigenvalue weighted by atomic mass is 35.5. The van der Waals surface area contributed by atoms with Gasteiger partial charge < -0.3 is 16.0 Å². The Hall–Kier alpha value is -3.04. The van der Waals surface area contributed by atoms with Gasteiger partial charge in [-0.25, -0.2) is 4.39 Å². The number of fused-ring (bicyclic) bond motifs is 1. The third-order valence-corrected chi connectivity index (χ3v) is 4.46. The molecule has 0 fully saturated rings. The normalized spacial score (nSPS) is 12.3. The molecule has 0 radical (unpaired) electrons. The van der Waals surface area contributed by atoms with Crippen LogP contribution < -0.4 is 16.0 Å². The predicted molar refractivity (Wildman–Crippen MR) is 108 cm³/mol. The summed E-state index contributed by atoms with van der Waals surface area (Å²) >= 11 is 0. The van der Waals surface area contributed by atoms with Crippen LogP contribution in [-0.2, 0) is 17.8 Å². The van der Waals surface area contributed by atoms with Gasteiger partial charge in [0, 0.05) is 37.2 Å². The highest BCUT2D eigenvalue weighted by Gasteiger charge is 2.17. The predicted octanol–water partition coefficient (Wildman–Crippen LogP) is 2.56. The maximum atomic E-state index is 14.5. The van der Waals surface area contributed by atoms with Crippen LogP contribution in [0.3, 0.4) is 0 Å². The Balaban J connectivity index is 0.00000300. The SMILES string of the molecule is Cl.O=C(CCNC(=O)c1ccc([N+](=O)[O-])cc1)Nc1ccc2c(c1F)CCNC2. The summed E-state index contributed by atoms with van der Waals surface area (Å²) < 4.78 is 14.5. The number of anilines is 1. The molecule has 0 bridgehead atoms. The molecule has 0 spiro atoms. The van der Waals surface area contributed by atoms with Crippen molar-refractivity contribution in [1.29, 1.82) is 0 Å². The first-order valence-electron chi connectivity index (χ1n) is 8.79. The summed E-state index contributed by atoms with van der Waals surface area (Å²) in [6.45, 7) is 1.35. The van der Waals surface area contributed by atoms with Gasteiger partial charge in [0.05, 0.1) is 10.6 Å². The second-order valence-corrected chi connectivity index (χ2v) is 6.35. The third-order valence-electron chi connectivity index (χ3n) is 4.46. The van der Waals surface area contributed by atoms with Gasteiger partial charge in [0.15, 0.2) is 0 Å². The molecule has 1 aliphatic rings. The van der Waals surface area contributed by atoms with Gasteiger partial charge >= 0.3 is 0 Å². The Morgan fingerprint density at radius 3 is 2.59 bits per heavy atom. The number of nitrogens with one attached hydrogen (secondary N) is 3. The van der Waals surface area contributed by atoms with Crippen LogP contribution in [0.25, 0.3) is 0 Å². The molecule has 8 nitrogen and oxygen atoms in total. The van der Waals surface area contributed by atoms with Crippen LogP contribution in [0.1, 0.15) is 27.9 Å². The molecule has 10 heteroatoms. The van der Waals surface area contributed by atoms with E-state index in [9.17, 15) is 24.1 Å². The largest absolute Gasteiger partial charge is 0.352 e. The molecular formula is C19H20ClFN4O4. The molecule has 0 unspecified atom stereocenters. The molecule has 154 valence electrons. The van der Waals surface area contributed by atoms with Crippen LogP contribution in [0, 0.1) is 15.9 Å². The van der Waals surface area contributed by atoms with Gasteiger partial charge in [-0.1, -0.05) is 6.07 Å². The van der Waals surface area contributed by atoms with Gasteiger partial charge in [0.2, 0.25) is 5.91 Å². The van der Waals surface area contributed by atoms with E-state index >= 15 is 0 Å². The maximum absolute atomic E-state index is 14.5. The number of halogens is 2. The number of carbonyl (C=O) groups is 2. The number of non-ortho nitro benzene ring substituents is 1. The molecule has 0 saturated heterocycles. The summed E-state index contributed by atoms with van der Waals surface area (Å²) in [5.74, 6) is -1.28. The monoisotopic (exact) mass is 422 g/mol. The van der Waals surface area contributed by atoms with Crippen molar-refractivity contribution in [2.45, 2.75) is 19.4 Å². The van der Waals surface area contributed by atoms with Crippen molar-refractivity contribution in [3.05, 3.63) is 69.0 Å². The van der Waals surface area contributed by atoms with Crippen LogP contribution in [0.2, 0.25) is 0 Å². The summed E-state index contributed by atoms with van der Waals surface area (Å²) in [6, 6.07) is 8.47. The zero-order valence-electron chi connectivity index (χ0n) is 15.4. The number of hydrogen-bond acceptors (Lipinski definition) is 5. The van der Waals surface area contributed by atoms with E-state index in [1.807, 2.05) is 0 Å². The zero-order valence-corrected chi connectivity index (χ0v) is 16.2. The number of nitro benzene ring substituents is 1. The number of rotatable bonds is 6. The zero-order chi connectivity index (χ0) is 20.1. The number of hydrogen-bond donors (Lipinski definition) is 3. The van der Waals surface area contributed by atoms with Crippen LogP contribution >= 0.6 is 12.4 Å². The summed E-state index contributed by atoms with van der Waals surface area (Å²) in [6.07, 6.45) is 0.535. The molecule has 2 aromatic carbocycles. The minimum absolute atomic E-state index is 0. The van der Waals surface area contributed by atoms with Crippen LogP contribution in [-0.4, -0.2) is 29.8 Å². The number of amides is 2. The van der Waals surface area contributed by atoms with E-state index in [2.05, 4.69) is 16.0 Å². The van der Waals surface area contributed by atoms with E-state index in [-0.39, 0.29) is 42.3 Å². The number of nitrogens with zero attached hydrogens (tertiary/aromatic N) is 1. The third kappa shape index (κ3) is 5.49. The quantitative estimate of drug-likeness (QED) is 0.489. The molecule has 2 amide bonds. The summed E-state index contributed by atoms with van der Waals surface area (Å²) in [4.78, 5) is 34.1. The summed E-state index contributed by atoms with van der Waals surface area (Å²) in [5.41, 5.74) is 1.77. The van der Waals surface area contributed by atoms with Crippen molar-refractivity contribution in [3.63, 3.8) is 0 Å². The Morgan fingerprint density at radius 2 is 1.90 bits per heavy atom. The van der Waals surface area contributed by atoms with Crippen molar-refractivity contribution >= 4 is 35.6 Å². The first-order valence-corrected chi connectivity index (χ1v) is 8.79. The minimum atomic E-state index is -0.553. The van der Waals surface area contributed by atoms with Crippen LogP contribution in [0.4, 0.5) is 15.8 Å². The second-order valence-electron chi connectivity index (χ2n) is 6.35. The van der Waals surface area contributed by atoms with Crippen molar-refractivity contribution in [2.75, 3.05) is 18.4 Å². The van der Waals surface area contributed by atoms with E-state index in [0.717, 1.165) is 5.56 Å². The first-order chi connectivity index (χ1) is 13.5. The molecule has 0 atom stereocenters. The fourth-order valence-corrected chi connectivity index (χ4v) is 2.97. The first kappa shape index (κ1) is 22.3. The van der Waals surface area contributed by atoms with Gasteiger partial charge in [-0.3, -0.25) is 19.7 Å². The fourth-order valence-electron chi connectivity index (χ4n) is 2.97. The lowest BCUT2D eigenvalue weighted by Crippen LogP contribution is -2.28. The molecule has 3 rings (SSSR count). The number of nitro groups is 1. The van der Waals surface area contributed by atoms with E-state index in [4.69, 9.17) is 0 Å². The van der Waals surface area contributed by atoms with Crippen molar-refractivity contribution in [2.24, 2.45) is 0 Å². The van der Waals surface area contributed by atoms with E-state index < -0.39 is 22.6 Å². The lowest BCUT2D eigenvalue weighted by molar-refractivity contribution is -0.384. The Labute approximate surface area is 172 Å².